The number of piperazine rings is 1. The van der Waals surface area contributed by atoms with E-state index in [0.29, 0.717) is 18.2 Å². The van der Waals surface area contributed by atoms with Gasteiger partial charge in [0.1, 0.15) is 0 Å². The fourth-order valence-corrected chi connectivity index (χ4v) is 6.15. The smallest absolute Gasteiger partial charge is 0.248 e. The van der Waals surface area contributed by atoms with Crippen molar-refractivity contribution in [3.8, 4) is 0 Å². The summed E-state index contributed by atoms with van der Waals surface area (Å²) in [5, 5.41) is 4.07. The second-order valence-electron chi connectivity index (χ2n) is 8.77. The van der Waals surface area contributed by atoms with E-state index in [2.05, 4.69) is 40.3 Å². The van der Waals surface area contributed by atoms with E-state index in [9.17, 15) is 4.79 Å². The van der Waals surface area contributed by atoms with Crippen molar-refractivity contribution in [1.29, 1.82) is 0 Å². The second-order valence-corrected chi connectivity index (χ2v) is 10.1. The number of ether oxygens (including phenoxy) is 1. The van der Waals surface area contributed by atoms with Gasteiger partial charge >= 0.3 is 0 Å². The predicted octanol–water partition coefficient (Wildman–Crippen LogP) is 4.87. The highest BCUT2D eigenvalue weighted by molar-refractivity contribution is 7.17. The summed E-state index contributed by atoms with van der Waals surface area (Å²) >= 11 is 8.26. The molecule has 0 radical (unpaired) electrons. The van der Waals surface area contributed by atoms with Crippen molar-refractivity contribution in [2.24, 2.45) is 5.73 Å². The molecule has 2 aromatic carbocycles. The van der Waals surface area contributed by atoms with Gasteiger partial charge in [-0.3, -0.25) is 9.69 Å². The number of thiophene rings is 1. The molecule has 168 valence electrons. The van der Waals surface area contributed by atoms with Gasteiger partial charge in [0.25, 0.3) is 0 Å². The van der Waals surface area contributed by atoms with Crippen molar-refractivity contribution >= 4 is 44.6 Å². The maximum Gasteiger partial charge on any atom is 0.248 e. The third-order valence-corrected chi connectivity index (χ3v) is 7.96. The van der Waals surface area contributed by atoms with Crippen LogP contribution in [0.15, 0.2) is 41.8 Å². The van der Waals surface area contributed by atoms with Crippen LogP contribution in [0.3, 0.4) is 0 Å². The molecule has 7 heteroatoms. The monoisotopic (exact) mass is 469 g/mol. The summed E-state index contributed by atoms with van der Waals surface area (Å²) in [5.41, 5.74) is 9.63. The highest BCUT2D eigenvalue weighted by Gasteiger charge is 2.27. The Morgan fingerprint density at radius 2 is 2.12 bits per heavy atom. The molecule has 2 aliphatic heterocycles. The summed E-state index contributed by atoms with van der Waals surface area (Å²) in [6.45, 7) is 6.96. The zero-order valence-electron chi connectivity index (χ0n) is 18.2. The van der Waals surface area contributed by atoms with Crippen molar-refractivity contribution in [3.63, 3.8) is 0 Å². The fourth-order valence-electron chi connectivity index (χ4n) is 4.97. The van der Waals surface area contributed by atoms with Crippen molar-refractivity contribution in [1.82, 2.24) is 4.90 Å². The van der Waals surface area contributed by atoms with E-state index in [4.69, 9.17) is 22.1 Å². The van der Waals surface area contributed by atoms with Crippen molar-refractivity contribution in [2.75, 3.05) is 37.7 Å². The first-order valence-electron chi connectivity index (χ1n) is 11.2. The first-order valence-corrected chi connectivity index (χ1v) is 12.5. The lowest BCUT2D eigenvalue weighted by molar-refractivity contribution is 0.0255. The normalized spacial score (nSPS) is 21.6. The molecule has 1 amide bonds. The first kappa shape index (κ1) is 21.7. The lowest BCUT2D eigenvalue weighted by Crippen LogP contribution is -2.52. The summed E-state index contributed by atoms with van der Waals surface area (Å²) in [6.07, 6.45) is 1.85. The van der Waals surface area contributed by atoms with Gasteiger partial charge in [-0.15, -0.1) is 11.3 Å². The zero-order valence-corrected chi connectivity index (χ0v) is 19.8. The largest absolute Gasteiger partial charge is 0.373 e. The van der Waals surface area contributed by atoms with Gasteiger partial charge in [0.05, 0.1) is 17.7 Å². The number of nitrogens with two attached hydrogens (primary N) is 1. The van der Waals surface area contributed by atoms with Gasteiger partial charge in [0.2, 0.25) is 5.91 Å². The second kappa shape index (κ2) is 9.02. The molecule has 0 aliphatic carbocycles. The molecule has 3 heterocycles. The molecule has 1 fully saturated rings. The lowest BCUT2D eigenvalue weighted by atomic mass is 9.93. The highest BCUT2D eigenvalue weighted by Crippen LogP contribution is 2.34. The van der Waals surface area contributed by atoms with Crippen LogP contribution in [0.2, 0.25) is 5.02 Å². The number of benzene rings is 2. The number of carbonyl (C=O) groups is 1. The molecule has 5 rings (SSSR count). The van der Waals surface area contributed by atoms with Gasteiger partial charge < -0.3 is 15.4 Å². The van der Waals surface area contributed by atoms with Gasteiger partial charge in [-0.2, -0.15) is 0 Å². The molecule has 2 aliphatic rings. The Labute approximate surface area is 197 Å². The van der Waals surface area contributed by atoms with Crippen LogP contribution in [0.4, 0.5) is 5.69 Å². The summed E-state index contributed by atoms with van der Waals surface area (Å²) in [5.74, 6) is -0.373. The van der Waals surface area contributed by atoms with E-state index in [-0.39, 0.29) is 12.0 Å². The Morgan fingerprint density at radius 3 is 2.94 bits per heavy atom. The minimum Gasteiger partial charge on any atom is -0.373 e. The SMILES string of the molecule is C[C@@H]1CN(c2cc(Cl)c3ccsc3c2)CCN1CC[C@@H]1OCCc2cc(C(N)=O)ccc21. The average molecular weight is 470 g/mol. The van der Waals surface area contributed by atoms with Gasteiger partial charge in [-0.1, -0.05) is 17.7 Å². The zero-order chi connectivity index (χ0) is 22.2. The van der Waals surface area contributed by atoms with E-state index in [1.54, 1.807) is 11.3 Å². The van der Waals surface area contributed by atoms with Crippen LogP contribution in [0.25, 0.3) is 10.1 Å². The number of carbonyl (C=O) groups excluding carboxylic acids is 1. The van der Waals surface area contributed by atoms with Gasteiger partial charge in [-0.05, 0) is 66.6 Å². The number of hydrogen-bond acceptors (Lipinski definition) is 5. The van der Waals surface area contributed by atoms with E-state index >= 15 is 0 Å². The quantitative estimate of drug-likeness (QED) is 0.579. The number of anilines is 1. The molecular weight excluding hydrogens is 442 g/mol. The number of primary amides is 1. The van der Waals surface area contributed by atoms with E-state index in [1.165, 1.54) is 21.5 Å². The van der Waals surface area contributed by atoms with Crippen LogP contribution in [0.5, 0.6) is 0 Å². The topological polar surface area (TPSA) is 58.8 Å². The van der Waals surface area contributed by atoms with Gasteiger partial charge in [0, 0.05) is 53.6 Å². The van der Waals surface area contributed by atoms with E-state index in [1.807, 2.05) is 18.2 Å². The number of halogens is 1. The van der Waals surface area contributed by atoms with Crippen molar-refractivity contribution < 1.29 is 9.53 Å². The van der Waals surface area contributed by atoms with Gasteiger partial charge in [-0.25, -0.2) is 0 Å². The fraction of sp³-hybridized carbons (Fsp3) is 0.400. The molecule has 5 nitrogen and oxygen atoms in total. The van der Waals surface area contributed by atoms with Crippen LogP contribution in [-0.2, 0) is 11.2 Å². The minimum atomic E-state index is -0.373. The maximum absolute atomic E-state index is 11.5. The summed E-state index contributed by atoms with van der Waals surface area (Å²) < 4.78 is 7.35. The minimum absolute atomic E-state index is 0.0750. The van der Waals surface area contributed by atoms with E-state index in [0.717, 1.165) is 49.4 Å². The molecule has 2 N–H and O–H groups in total. The Balaban J connectivity index is 1.22. The standard InChI is InChI=1S/C25H28ClN3O2S/c1-16-15-29(19-13-22(26)21-6-11-32-24(21)14-19)9-8-28(16)7-4-23-20-3-2-18(25(27)30)12-17(20)5-10-31-23/h2-3,6,11-14,16,23H,4-5,7-10,15H2,1H3,(H2,27,30)/t16-,23+/m1/s1. The molecule has 0 saturated carbocycles. The van der Waals surface area contributed by atoms with Crippen LogP contribution in [0.1, 0.15) is 40.9 Å². The lowest BCUT2D eigenvalue weighted by Gasteiger charge is -2.41. The number of hydrogen-bond donors (Lipinski definition) is 1. The molecule has 3 aromatic rings. The molecular formula is C25H28ClN3O2S. The number of fused-ring (bicyclic) bond motifs is 2. The predicted molar refractivity (Wildman–Crippen MR) is 132 cm³/mol. The average Bonchev–Trinajstić information content (AvgIpc) is 3.27. The van der Waals surface area contributed by atoms with Crippen LogP contribution in [-0.4, -0.2) is 49.6 Å². The molecule has 0 unspecified atom stereocenters. The number of amides is 1. The molecule has 32 heavy (non-hydrogen) atoms. The van der Waals surface area contributed by atoms with Gasteiger partial charge in [0.15, 0.2) is 0 Å². The number of rotatable bonds is 5. The molecule has 0 spiro atoms. The van der Waals surface area contributed by atoms with Crippen molar-refractivity contribution in [2.45, 2.75) is 31.9 Å². The number of nitrogens with zero attached hydrogens (tertiary/aromatic N) is 2. The summed E-state index contributed by atoms with van der Waals surface area (Å²) in [6, 6.07) is 12.7. The Bertz CT molecular complexity index is 1150. The molecule has 1 aromatic heterocycles. The van der Waals surface area contributed by atoms with Crippen molar-refractivity contribution in [3.05, 3.63) is 63.5 Å². The molecule has 2 atom stereocenters. The van der Waals surface area contributed by atoms with E-state index < -0.39 is 0 Å². The summed E-state index contributed by atoms with van der Waals surface area (Å²) in [4.78, 5) is 16.5. The Hall–Kier alpha value is -2.12. The first-order chi connectivity index (χ1) is 15.5. The maximum atomic E-state index is 11.5. The Morgan fingerprint density at radius 1 is 1.25 bits per heavy atom. The Kier molecular flexibility index (Phi) is 6.12. The third kappa shape index (κ3) is 4.25. The molecule has 0 bridgehead atoms. The van der Waals surface area contributed by atoms with Crippen LogP contribution < -0.4 is 10.6 Å². The third-order valence-electron chi connectivity index (χ3n) is 6.78. The van der Waals surface area contributed by atoms with Crippen LogP contribution in [0, 0.1) is 0 Å². The molecule has 1 saturated heterocycles. The van der Waals surface area contributed by atoms with Crippen LogP contribution >= 0.6 is 22.9 Å². The highest BCUT2D eigenvalue weighted by atomic mass is 35.5. The summed E-state index contributed by atoms with van der Waals surface area (Å²) in [7, 11) is 0.